The molecule has 1 aliphatic heterocycles. The van der Waals surface area contributed by atoms with E-state index in [0.717, 1.165) is 32.2 Å². The summed E-state index contributed by atoms with van der Waals surface area (Å²) >= 11 is 0. The Morgan fingerprint density at radius 1 is 1.21 bits per heavy atom. The number of nitrogens with zero attached hydrogens (tertiary/aromatic N) is 3. The maximum Gasteiger partial charge on any atom is 0.272 e. The van der Waals surface area contributed by atoms with Gasteiger partial charge in [-0.05, 0) is 13.1 Å². The Labute approximate surface area is 112 Å². The van der Waals surface area contributed by atoms with Crippen molar-refractivity contribution in [2.75, 3.05) is 38.1 Å². The van der Waals surface area contributed by atoms with Gasteiger partial charge in [-0.1, -0.05) is 13.8 Å². The fourth-order valence-electron chi connectivity index (χ4n) is 1.91. The SMILES string of the molecule is CC.CN1CCN(c2ccc([N+](=O)[O-])cc2F)CC1. The van der Waals surface area contributed by atoms with Gasteiger partial charge in [0.1, 0.15) is 0 Å². The summed E-state index contributed by atoms with van der Waals surface area (Å²) in [6, 6.07) is 3.81. The predicted octanol–water partition coefficient (Wildman–Crippen LogP) is 2.51. The van der Waals surface area contributed by atoms with Crippen LogP contribution in [0.5, 0.6) is 0 Å². The normalized spacial score (nSPS) is 15.7. The molecule has 0 aliphatic carbocycles. The lowest BCUT2D eigenvalue weighted by molar-refractivity contribution is -0.385. The highest BCUT2D eigenvalue weighted by Crippen LogP contribution is 2.24. The third-order valence-corrected chi connectivity index (χ3v) is 2.99. The zero-order valence-corrected chi connectivity index (χ0v) is 11.6. The number of nitro groups is 1. The molecule has 5 nitrogen and oxygen atoms in total. The van der Waals surface area contributed by atoms with Crippen molar-refractivity contribution < 1.29 is 9.31 Å². The lowest BCUT2D eigenvalue weighted by Gasteiger charge is -2.34. The maximum atomic E-state index is 13.7. The molecule has 1 heterocycles. The fraction of sp³-hybridized carbons (Fsp3) is 0.538. The summed E-state index contributed by atoms with van der Waals surface area (Å²) in [6.07, 6.45) is 0. The minimum atomic E-state index is -0.586. The van der Waals surface area contributed by atoms with Gasteiger partial charge in [0, 0.05) is 32.2 Å². The van der Waals surface area contributed by atoms with E-state index in [1.807, 2.05) is 25.8 Å². The standard InChI is InChI=1S/C11H14FN3O2.C2H6/c1-13-4-6-14(7-5-13)11-3-2-9(15(16)17)8-10(11)12;1-2/h2-3,8H,4-7H2,1H3;1-2H3. The highest BCUT2D eigenvalue weighted by molar-refractivity contribution is 5.52. The van der Waals surface area contributed by atoms with Crippen LogP contribution in [0.2, 0.25) is 0 Å². The molecule has 0 spiro atoms. The van der Waals surface area contributed by atoms with Gasteiger partial charge >= 0.3 is 0 Å². The van der Waals surface area contributed by atoms with E-state index in [0.29, 0.717) is 5.69 Å². The first-order valence-electron chi connectivity index (χ1n) is 6.45. The molecule has 6 heteroatoms. The van der Waals surface area contributed by atoms with E-state index in [1.54, 1.807) is 0 Å². The van der Waals surface area contributed by atoms with Gasteiger partial charge in [0.15, 0.2) is 5.82 Å². The van der Waals surface area contributed by atoms with Crippen LogP contribution in [0.4, 0.5) is 15.8 Å². The fourth-order valence-corrected chi connectivity index (χ4v) is 1.91. The molecule has 0 amide bonds. The van der Waals surface area contributed by atoms with Crippen LogP contribution in [0.15, 0.2) is 18.2 Å². The van der Waals surface area contributed by atoms with Gasteiger partial charge in [0.05, 0.1) is 16.7 Å². The molecule has 0 saturated carbocycles. The summed E-state index contributed by atoms with van der Waals surface area (Å²) in [5, 5.41) is 10.5. The van der Waals surface area contributed by atoms with Crippen LogP contribution >= 0.6 is 0 Å². The number of piperazine rings is 1. The number of likely N-dealkylation sites (N-methyl/N-ethyl adjacent to an activating group) is 1. The number of rotatable bonds is 2. The Bertz CT molecular complexity index is 432. The summed E-state index contributed by atoms with van der Waals surface area (Å²) in [6.45, 7) is 7.23. The Morgan fingerprint density at radius 2 is 1.79 bits per heavy atom. The number of halogens is 1. The zero-order valence-electron chi connectivity index (χ0n) is 11.6. The molecule has 0 atom stereocenters. The number of anilines is 1. The van der Waals surface area contributed by atoms with E-state index in [-0.39, 0.29) is 5.69 Å². The minimum Gasteiger partial charge on any atom is -0.367 e. The van der Waals surface area contributed by atoms with E-state index < -0.39 is 10.7 Å². The highest BCUT2D eigenvalue weighted by atomic mass is 19.1. The first kappa shape index (κ1) is 15.4. The maximum absolute atomic E-state index is 13.7. The topological polar surface area (TPSA) is 49.6 Å². The van der Waals surface area contributed by atoms with Crippen LogP contribution in [0.25, 0.3) is 0 Å². The second-order valence-corrected chi connectivity index (χ2v) is 4.18. The number of non-ortho nitro benzene ring substituents is 1. The van der Waals surface area contributed by atoms with Crippen molar-refractivity contribution in [1.29, 1.82) is 0 Å². The molecule has 2 rings (SSSR count). The lowest BCUT2D eigenvalue weighted by atomic mass is 10.2. The number of hydrogen-bond acceptors (Lipinski definition) is 4. The molecule has 106 valence electrons. The van der Waals surface area contributed by atoms with Crippen LogP contribution in [0, 0.1) is 15.9 Å². The number of benzene rings is 1. The molecule has 1 aromatic carbocycles. The predicted molar refractivity (Wildman–Crippen MR) is 74.1 cm³/mol. The van der Waals surface area contributed by atoms with Gasteiger partial charge in [-0.3, -0.25) is 10.1 Å². The highest BCUT2D eigenvalue weighted by Gasteiger charge is 2.19. The monoisotopic (exact) mass is 269 g/mol. The number of hydrogen-bond donors (Lipinski definition) is 0. The lowest BCUT2D eigenvalue weighted by Crippen LogP contribution is -2.44. The third kappa shape index (κ3) is 3.89. The van der Waals surface area contributed by atoms with Gasteiger partial charge in [0.25, 0.3) is 5.69 Å². The van der Waals surface area contributed by atoms with Crippen molar-refractivity contribution in [1.82, 2.24) is 4.90 Å². The summed E-state index contributed by atoms with van der Waals surface area (Å²) < 4.78 is 13.7. The second kappa shape index (κ2) is 7.04. The molecule has 19 heavy (non-hydrogen) atoms. The van der Waals surface area contributed by atoms with E-state index in [1.165, 1.54) is 12.1 Å². The number of nitro benzene ring substituents is 1. The summed E-state index contributed by atoms with van der Waals surface area (Å²) in [5.74, 6) is -0.524. The van der Waals surface area contributed by atoms with Gasteiger partial charge in [-0.15, -0.1) is 0 Å². The average molecular weight is 269 g/mol. The molecule has 1 aliphatic rings. The van der Waals surface area contributed by atoms with Crippen molar-refractivity contribution in [3.8, 4) is 0 Å². The van der Waals surface area contributed by atoms with Crippen LogP contribution in [0.3, 0.4) is 0 Å². The van der Waals surface area contributed by atoms with E-state index >= 15 is 0 Å². The van der Waals surface area contributed by atoms with Crippen molar-refractivity contribution in [2.45, 2.75) is 13.8 Å². The Hall–Kier alpha value is -1.69. The van der Waals surface area contributed by atoms with E-state index in [4.69, 9.17) is 0 Å². The Morgan fingerprint density at radius 3 is 2.26 bits per heavy atom. The second-order valence-electron chi connectivity index (χ2n) is 4.18. The molecule has 1 saturated heterocycles. The van der Waals surface area contributed by atoms with Crippen LogP contribution in [-0.2, 0) is 0 Å². The van der Waals surface area contributed by atoms with E-state index in [2.05, 4.69) is 4.90 Å². The van der Waals surface area contributed by atoms with Gasteiger partial charge in [0.2, 0.25) is 0 Å². The largest absolute Gasteiger partial charge is 0.367 e. The van der Waals surface area contributed by atoms with Crippen LogP contribution in [0.1, 0.15) is 13.8 Å². The van der Waals surface area contributed by atoms with Gasteiger partial charge in [-0.25, -0.2) is 4.39 Å². The molecular formula is C13H20FN3O2. The molecule has 1 aromatic rings. The van der Waals surface area contributed by atoms with Crippen LogP contribution < -0.4 is 4.90 Å². The quantitative estimate of drug-likeness (QED) is 0.611. The molecule has 0 aromatic heterocycles. The molecule has 0 radical (unpaired) electrons. The van der Waals surface area contributed by atoms with Crippen molar-refractivity contribution in [2.24, 2.45) is 0 Å². The van der Waals surface area contributed by atoms with Crippen molar-refractivity contribution >= 4 is 11.4 Å². The Kier molecular flexibility index (Phi) is 5.69. The summed E-state index contributed by atoms with van der Waals surface area (Å²) in [4.78, 5) is 14.0. The van der Waals surface area contributed by atoms with E-state index in [9.17, 15) is 14.5 Å². The van der Waals surface area contributed by atoms with Crippen LogP contribution in [-0.4, -0.2) is 43.0 Å². The minimum absolute atomic E-state index is 0.208. The third-order valence-electron chi connectivity index (χ3n) is 2.99. The summed E-state index contributed by atoms with van der Waals surface area (Å²) in [7, 11) is 2.02. The van der Waals surface area contributed by atoms with Gasteiger partial charge < -0.3 is 9.80 Å². The molecule has 0 unspecified atom stereocenters. The van der Waals surface area contributed by atoms with Crippen molar-refractivity contribution in [3.05, 3.63) is 34.1 Å². The molecular weight excluding hydrogens is 249 g/mol. The first-order valence-corrected chi connectivity index (χ1v) is 6.45. The smallest absolute Gasteiger partial charge is 0.272 e. The van der Waals surface area contributed by atoms with Crippen molar-refractivity contribution in [3.63, 3.8) is 0 Å². The first-order chi connectivity index (χ1) is 9.08. The zero-order chi connectivity index (χ0) is 14.4. The Balaban J connectivity index is 0.000000861. The molecule has 0 N–H and O–H groups in total. The summed E-state index contributed by atoms with van der Waals surface area (Å²) in [5.41, 5.74) is 0.240. The average Bonchev–Trinajstić information content (AvgIpc) is 2.42. The molecule has 1 fully saturated rings. The van der Waals surface area contributed by atoms with Gasteiger partial charge in [-0.2, -0.15) is 0 Å². The molecule has 0 bridgehead atoms.